The van der Waals surface area contributed by atoms with E-state index < -0.39 is 77.0 Å². The van der Waals surface area contributed by atoms with Crippen LogP contribution in [0.15, 0.2) is 61.1 Å². The van der Waals surface area contributed by atoms with Gasteiger partial charge in [-0.1, -0.05) is 32.9 Å². The summed E-state index contributed by atoms with van der Waals surface area (Å²) < 4.78 is 69.3. The summed E-state index contributed by atoms with van der Waals surface area (Å²) in [4.78, 5) is 63.7. The molecule has 4 atom stereocenters. The van der Waals surface area contributed by atoms with Crippen molar-refractivity contribution in [3.8, 4) is 11.5 Å². The van der Waals surface area contributed by atoms with Gasteiger partial charge in [-0.15, -0.1) is 13.2 Å². The summed E-state index contributed by atoms with van der Waals surface area (Å²) in [6.07, 6.45) is -2.65. The van der Waals surface area contributed by atoms with Crippen molar-refractivity contribution in [2.45, 2.75) is 97.5 Å². The van der Waals surface area contributed by atoms with Crippen molar-refractivity contribution in [3.05, 3.63) is 78.1 Å². The van der Waals surface area contributed by atoms with Gasteiger partial charge in [-0.2, -0.15) is 0 Å². The quantitative estimate of drug-likeness (QED) is 0.209. The van der Waals surface area contributed by atoms with E-state index >= 15 is 0 Å². The minimum atomic E-state index is -4.88. The number of nitrogens with zero attached hydrogens (tertiary/aromatic N) is 5. The number of imidazole rings is 1. The van der Waals surface area contributed by atoms with E-state index in [-0.39, 0.29) is 37.5 Å². The summed E-state index contributed by atoms with van der Waals surface area (Å²) in [6.45, 7) is 12.2. The number of aromatic nitrogens is 2. The molecule has 2 heterocycles. The molecule has 13 nitrogen and oxygen atoms in total. The molecule has 0 bridgehead atoms. The topological polar surface area (TPSA) is 136 Å². The molecule has 1 aliphatic rings. The Hall–Kier alpha value is -5.35. The fraction of sp³-hybridized carbons (Fsp3) is 0.525. The molecule has 2 aromatic carbocycles. The first-order valence-corrected chi connectivity index (χ1v) is 18.5. The lowest BCUT2D eigenvalue weighted by atomic mass is 9.85. The number of aryl methyl sites for hydroxylation is 1. The predicted octanol–water partition coefficient (Wildman–Crippen LogP) is 5.98. The Labute approximate surface area is 330 Å². The molecule has 0 radical (unpaired) electrons. The molecule has 0 aliphatic carbocycles. The zero-order valence-corrected chi connectivity index (χ0v) is 33.7. The van der Waals surface area contributed by atoms with E-state index in [1.165, 1.54) is 44.6 Å². The number of nitrogens with one attached hydrogen (secondary N) is 1. The number of benzene rings is 2. The molecule has 1 saturated heterocycles. The van der Waals surface area contributed by atoms with Crippen molar-refractivity contribution in [3.63, 3.8) is 0 Å². The first-order valence-electron chi connectivity index (χ1n) is 18.5. The number of hydrogen-bond acceptors (Lipinski definition) is 8. The highest BCUT2D eigenvalue weighted by Gasteiger charge is 2.45. The second-order valence-corrected chi connectivity index (χ2v) is 16.3. The van der Waals surface area contributed by atoms with Crippen LogP contribution in [0, 0.1) is 11.2 Å². The van der Waals surface area contributed by atoms with Gasteiger partial charge in [-0.05, 0) is 81.5 Å². The first-order chi connectivity index (χ1) is 26.4. The van der Waals surface area contributed by atoms with E-state index in [0.29, 0.717) is 6.42 Å². The van der Waals surface area contributed by atoms with Crippen LogP contribution in [-0.4, -0.2) is 111 Å². The smallest absolute Gasteiger partial charge is 0.489 e. The van der Waals surface area contributed by atoms with Gasteiger partial charge in [0.2, 0.25) is 11.8 Å². The van der Waals surface area contributed by atoms with E-state index in [9.17, 15) is 36.7 Å². The fourth-order valence-corrected chi connectivity index (χ4v) is 6.19. The second kappa shape index (κ2) is 17.8. The van der Waals surface area contributed by atoms with Gasteiger partial charge < -0.3 is 33.9 Å². The Morgan fingerprint density at radius 2 is 1.58 bits per heavy atom. The Morgan fingerprint density at radius 1 is 0.965 bits per heavy atom. The van der Waals surface area contributed by atoms with Crippen LogP contribution in [0.3, 0.4) is 0 Å². The van der Waals surface area contributed by atoms with Crippen LogP contribution in [0.25, 0.3) is 0 Å². The molecule has 4 rings (SSSR count). The van der Waals surface area contributed by atoms with Gasteiger partial charge >= 0.3 is 12.5 Å². The molecule has 3 aromatic rings. The van der Waals surface area contributed by atoms with Crippen molar-refractivity contribution in [2.75, 3.05) is 26.7 Å². The third kappa shape index (κ3) is 12.8. The van der Waals surface area contributed by atoms with E-state index in [1.54, 1.807) is 81.3 Å². The number of alkyl halides is 3. The third-order valence-corrected chi connectivity index (χ3v) is 9.29. The minimum absolute atomic E-state index is 0.00367. The number of amides is 4. The summed E-state index contributed by atoms with van der Waals surface area (Å²) in [7, 11) is 3.15. The van der Waals surface area contributed by atoms with E-state index in [2.05, 4.69) is 15.0 Å². The normalized spacial score (nSPS) is 17.0. The standard InChI is InChI=1S/C40H52F4N6O7/c1-25(48(9)37(54)57-39(5,6)7)34(51)46-33(38(2,3)4)36(53)50-22-31(55-29-14-16-30(17-15-29)56-40(42,43)44)20-28(50)21-49(35(52)32-23-47(8)24-45-32)19-18-26-10-12-27(41)13-11-26/h10-17,23-25,28,31,33H,18-22H2,1-9H3,(H,46,51)/t25-,28-,31-,33+/m0/s1. The second-order valence-electron chi connectivity index (χ2n) is 16.3. The number of carbonyl (C=O) groups excluding carboxylic acids is 4. The zero-order valence-electron chi connectivity index (χ0n) is 33.7. The van der Waals surface area contributed by atoms with E-state index in [4.69, 9.17) is 9.47 Å². The van der Waals surface area contributed by atoms with Crippen LogP contribution in [0.4, 0.5) is 22.4 Å². The third-order valence-electron chi connectivity index (χ3n) is 9.29. The molecule has 1 aromatic heterocycles. The Morgan fingerprint density at radius 3 is 2.12 bits per heavy atom. The van der Waals surface area contributed by atoms with Crippen molar-refractivity contribution >= 4 is 23.8 Å². The molecule has 1 aliphatic heterocycles. The Bertz CT molecular complexity index is 1860. The molecule has 17 heteroatoms. The maximum Gasteiger partial charge on any atom is 0.573 e. The lowest BCUT2D eigenvalue weighted by Gasteiger charge is -2.38. The number of likely N-dealkylation sites (N-methyl/N-ethyl adjacent to an activating group) is 1. The lowest BCUT2D eigenvalue weighted by molar-refractivity contribution is -0.274. The first kappa shape index (κ1) is 44.4. The number of hydrogen-bond donors (Lipinski definition) is 1. The summed E-state index contributed by atoms with van der Waals surface area (Å²) >= 11 is 0. The predicted molar refractivity (Wildman–Crippen MR) is 202 cm³/mol. The average molecular weight is 805 g/mol. The number of carbonyl (C=O) groups is 4. The molecule has 4 amide bonds. The molecule has 1 N–H and O–H groups in total. The van der Waals surface area contributed by atoms with Gasteiger partial charge in [0.1, 0.15) is 46.8 Å². The van der Waals surface area contributed by atoms with Crippen LogP contribution in [0.5, 0.6) is 11.5 Å². The maximum absolute atomic E-state index is 14.7. The van der Waals surface area contributed by atoms with Crippen LogP contribution in [-0.2, 0) is 27.8 Å². The number of halogens is 4. The van der Waals surface area contributed by atoms with Gasteiger partial charge in [-0.3, -0.25) is 19.3 Å². The molecule has 0 unspecified atom stereocenters. The minimum Gasteiger partial charge on any atom is -0.489 e. The molecule has 0 spiro atoms. The molecular formula is C40H52F4N6O7. The molecule has 312 valence electrons. The van der Waals surface area contributed by atoms with Gasteiger partial charge in [0.15, 0.2) is 0 Å². The SMILES string of the molecule is C[C@@H](C(=O)N[C@H](C(=O)N1C[C@@H](Oc2ccc(OC(F)(F)F)cc2)C[C@H]1CN(CCc1ccc(F)cc1)C(=O)c1cn(C)cn1)C(C)(C)C)N(C)C(=O)OC(C)(C)C. The van der Waals surface area contributed by atoms with Gasteiger partial charge in [0.05, 0.1) is 18.9 Å². The van der Waals surface area contributed by atoms with Crippen LogP contribution >= 0.6 is 0 Å². The van der Waals surface area contributed by atoms with Crippen LogP contribution in [0.2, 0.25) is 0 Å². The van der Waals surface area contributed by atoms with E-state index in [1.807, 2.05) is 0 Å². The Kier molecular flexibility index (Phi) is 13.9. The van der Waals surface area contributed by atoms with Crippen molar-refractivity contribution in [1.82, 2.24) is 29.6 Å². The molecular weight excluding hydrogens is 752 g/mol. The molecule has 57 heavy (non-hydrogen) atoms. The summed E-state index contributed by atoms with van der Waals surface area (Å²) in [5.74, 6) is -2.10. The average Bonchev–Trinajstić information content (AvgIpc) is 3.72. The van der Waals surface area contributed by atoms with Crippen molar-refractivity contribution in [1.29, 1.82) is 0 Å². The monoisotopic (exact) mass is 804 g/mol. The van der Waals surface area contributed by atoms with Gasteiger partial charge in [-0.25, -0.2) is 14.2 Å². The summed E-state index contributed by atoms with van der Waals surface area (Å²) in [5.41, 5.74) is -0.710. The largest absolute Gasteiger partial charge is 0.573 e. The highest BCUT2D eigenvalue weighted by Crippen LogP contribution is 2.31. The molecule has 0 saturated carbocycles. The van der Waals surface area contributed by atoms with Gasteiger partial charge in [0.25, 0.3) is 5.91 Å². The van der Waals surface area contributed by atoms with Gasteiger partial charge in [0, 0.05) is 39.8 Å². The molecule has 1 fully saturated rings. The van der Waals surface area contributed by atoms with Crippen molar-refractivity contribution in [2.24, 2.45) is 12.5 Å². The highest BCUT2D eigenvalue weighted by molar-refractivity contribution is 5.93. The van der Waals surface area contributed by atoms with Crippen LogP contribution in [0.1, 0.15) is 70.9 Å². The zero-order chi connectivity index (χ0) is 42.5. The van der Waals surface area contributed by atoms with Crippen LogP contribution < -0.4 is 14.8 Å². The van der Waals surface area contributed by atoms with E-state index in [0.717, 1.165) is 22.6 Å². The fourth-order valence-electron chi connectivity index (χ4n) is 6.19. The summed E-state index contributed by atoms with van der Waals surface area (Å²) in [5, 5.41) is 2.85. The highest BCUT2D eigenvalue weighted by atomic mass is 19.4. The number of ether oxygens (including phenoxy) is 3. The van der Waals surface area contributed by atoms with Crippen molar-refractivity contribution < 1.29 is 51.0 Å². The maximum atomic E-state index is 14.7. The summed E-state index contributed by atoms with van der Waals surface area (Å²) in [6, 6.07) is 7.96. The Balaban J connectivity index is 1.64. The number of rotatable bonds is 13. The number of likely N-dealkylation sites (tertiary alicyclic amines) is 1. The lowest BCUT2D eigenvalue weighted by Crippen LogP contribution is -2.60.